The Kier molecular flexibility index (Phi) is 3.53. The Morgan fingerprint density at radius 2 is 2.21 bits per heavy atom. The second kappa shape index (κ2) is 4.66. The lowest BCUT2D eigenvalue weighted by Gasteiger charge is -2.07. The molecule has 0 saturated carbocycles. The summed E-state index contributed by atoms with van der Waals surface area (Å²) in [5, 5.41) is 7.95. The van der Waals surface area contributed by atoms with Gasteiger partial charge in [-0.1, -0.05) is 0 Å². The number of nitrogens with zero attached hydrogens (tertiary/aromatic N) is 3. The molecular weight excluding hydrogens is 178 g/mol. The van der Waals surface area contributed by atoms with Crippen molar-refractivity contribution in [1.82, 2.24) is 15.6 Å². The molecule has 0 aromatic carbocycles. The third-order valence-corrected chi connectivity index (χ3v) is 1.81. The Bertz CT molecular complexity index is 345. The molecule has 1 aromatic rings. The third kappa shape index (κ3) is 2.26. The predicted octanol–water partition coefficient (Wildman–Crippen LogP) is 0.323. The zero-order valence-corrected chi connectivity index (χ0v) is 8.70. The van der Waals surface area contributed by atoms with Crippen LogP contribution in [0.3, 0.4) is 0 Å². The van der Waals surface area contributed by atoms with Gasteiger partial charge in [-0.25, -0.2) is 5.84 Å². The van der Waals surface area contributed by atoms with Crippen LogP contribution in [0.1, 0.15) is 23.9 Å². The summed E-state index contributed by atoms with van der Waals surface area (Å²) in [5.74, 6) is 6.04. The van der Waals surface area contributed by atoms with Crippen molar-refractivity contribution in [3.05, 3.63) is 23.0 Å². The highest BCUT2D eigenvalue weighted by atomic mass is 15.3. The van der Waals surface area contributed by atoms with Gasteiger partial charge >= 0.3 is 0 Å². The van der Waals surface area contributed by atoms with E-state index in [1.54, 1.807) is 0 Å². The molecule has 0 aliphatic carbocycles. The van der Waals surface area contributed by atoms with E-state index in [9.17, 15) is 0 Å². The number of aliphatic imine (C=N–C) groups is 1. The highest BCUT2D eigenvalue weighted by Crippen LogP contribution is 2.05. The van der Waals surface area contributed by atoms with Crippen molar-refractivity contribution in [2.45, 2.75) is 20.8 Å². The summed E-state index contributed by atoms with van der Waals surface area (Å²) in [4.78, 5) is 4.23. The van der Waals surface area contributed by atoms with Gasteiger partial charge in [0.25, 0.3) is 0 Å². The number of aromatic nitrogens is 2. The molecule has 0 spiro atoms. The Hall–Kier alpha value is -1.49. The Balaban J connectivity index is 3.15. The molecule has 5 heteroatoms. The van der Waals surface area contributed by atoms with Gasteiger partial charge in [0.05, 0.1) is 11.4 Å². The van der Waals surface area contributed by atoms with Gasteiger partial charge < -0.3 is 5.43 Å². The minimum Gasteiger partial charge on any atom is -0.308 e. The first-order valence-corrected chi connectivity index (χ1v) is 4.51. The summed E-state index contributed by atoms with van der Waals surface area (Å²) in [5.41, 5.74) is 5.15. The maximum Gasteiger partial charge on any atom is 0.144 e. The van der Waals surface area contributed by atoms with E-state index in [0.29, 0.717) is 12.4 Å². The van der Waals surface area contributed by atoms with E-state index in [-0.39, 0.29) is 0 Å². The minimum atomic E-state index is 0.656. The summed E-state index contributed by atoms with van der Waals surface area (Å²) in [6.07, 6.45) is 0. The standard InChI is InChI=1S/C9H15N5/c1-4-11-9(12-10)8-5-6(2)13-14-7(8)3/h5H,4,10H2,1-3H3,(H,11,12). The van der Waals surface area contributed by atoms with Crippen molar-refractivity contribution in [3.8, 4) is 0 Å². The van der Waals surface area contributed by atoms with Crippen LogP contribution >= 0.6 is 0 Å². The first kappa shape index (κ1) is 10.6. The maximum absolute atomic E-state index is 5.38. The summed E-state index contributed by atoms with van der Waals surface area (Å²) in [6.45, 7) is 6.40. The fourth-order valence-electron chi connectivity index (χ4n) is 1.16. The quantitative estimate of drug-likeness (QED) is 0.307. The van der Waals surface area contributed by atoms with E-state index < -0.39 is 0 Å². The molecule has 1 heterocycles. The summed E-state index contributed by atoms with van der Waals surface area (Å²) in [7, 11) is 0. The number of rotatable bonds is 2. The normalized spacial score (nSPS) is 11.6. The van der Waals surface area contributed by atoms with Crippen molar-refractivity contribution >= 4 is 5.84 Å². The van der Waals surface area contributed by atoms with Gasteiger partial charge in [-0.3, -0.25) is 4.99 Å². The zero-order chi connectivity index (χ0) is 10.6. The van der Waals surface area contributed by atoms with E-state index in [0.717, 1.165) is 17.0 Å². The Morgan fingerprint density at radius 1 is 1.50 bits per heavy atom. The highest BCUT2D eigenvalue weighted by Gasteiger charge is 2.06. The number of aryl methyl sites for hydroxylation is 2. The van der Waals surface area contributed by atoms with Crippen LogP contribution in [-0.4, -0.2) is 22.6 Å². The average molecular weight is 193 g/mol. The lowest BCUT2D eigenvalue weighted by Crippen LogP contribution is -2.32. The molecule has 3 N–H and O–H groups in total. The van der Waals surface area contributed by atoms with Gasteiger partial charge in [0.15, 0.2) is 0 Å². The molecule has 0 radical (unpaired) electrons. The number of nitrogens with one attached hydrogen (secondary N) is 1. The number of hydrogen-bond acceptors (Lipinski definition) is 4. The maximum atomic E-state index is 5.38. The zero-order valence-electron chi connectivity index (χ0n) is 8.70. The Labute approximate surface area is 83.4 Å². The average Bonchev–Trinajstić information content (AvgIpc) is 2.18. The number of hydrazine groups is 1. The summed E-state index contributed by atoms with van der Waals surface area (Å²) >= 11 is 0. The molecule has 1 aromatic heterocycles. The van der Waals surface area contributed by atoms with E-state index >= 15 is 0 Å². The molecule has 0 unspecified atom stereocenters. The topological polar surface area (TPSA) is 76.2 Å². The molecular formula is C9H15N5. The molecule has 0 bridgehead atoms. The lowest BCUT2D eigenvalue weighted by molar-refractivity contribution is 0.920. The fraction of sp³-hybridized carbons (Fsp3) is 0.444. The van der Waals surface area contributed by atoms with Gasteiger partial charge in [0, 0.05) is 12.1 Å². The molecule has 5 nitrogen and oxygen atoms in total. The lowest BCUT2D eigenvalue weighted by atomic mass is 10.2. The monoisotopic (exact) mass is 193 g/mol. The first-order chi connectivity index (χ1) is 6.69. The van der Waals surface area contributed by atoms with Crippen molar-refractivity contribution < 1.29 is 0 Å². The molecule has 1 rings (SSSR count). The smallest absolute Gasteiger partial charge is 0.144 e. The largest absolute Gasteiger partial charge is 0.308 e. The van der Waals surface area contributed by atoms with Crippen LogP contribution in [0.25, 0.3) is 0 Å². The predicted molar refractivity (Wildman–Crippen MR) is 55.9 cm³/mol. The van der Waals surface area contributed by atoms with E-state index in [4.69, 9.17) is 5.84 Å². The minimum absolute atomic E-state index is 0.656. The second-order valence-corrected chi connectivity index (χ2v) is 2.95. The van der Waals surface area contributed by atoms with Gasteiger partial charge in [-0.15, -0.1) is 0 Å². The van der Waals surface area contributed by atoms with Crippen molar-refractivity contribution in [2.75, 3.05) is 6.54 Å². The summed E-state index contributed by atoms with van der Waals surface area (Å²) in [6, 6.07) is 1.91. The molecule has 0 amide bonds. The van der Waals surface area contributed by atoms with E-state index in [1.807, 2.05) is 26.8 Å². The number of amidine groups is 1. The van der Waals surface area contributed by atoms with Crippen LogP contribution < -0.4 is 11.3 Å². The molecule has 0 aliphatic rings. The second-order valence-electron chi connectivity index (χ2n) is 2.95. The van der Waals surface area contributed by atoms with Gasteiger partial charge in [-0.2, -0.15) is 10.2 Å². The van der Waals surface area contributed by atoms with Crippen molar-refractivity contribution in [3.63, 3.8) is 0 Å². The Morgan fingerprint density at radius 3 is 2.79 bits per heavy atom. The third-order valence-electron chi connectivity index (χ3n) is 1.81. The van der Waals surface area contributed by atoms with Crippen molar-refractivity contribution in [2.24, 2.45) is 10.8 Å². The molecule has 0 fully saturated rings. The summed E-state index contributed by atoms with van der Waals surface area (Å²) < 4.78 is 0. The fourth-order valence-corrected chi connectivity index (χ4v) is 1.16. The van der Waals surface area contributed by atoms with Crippen LogP contribution in [0.4, 0.5) is 0 Å². The number of hydrogen-bond donors (Lipinski definition) is 2. The van der Waals surface area contributed by atoms with E-state index in [1.165, 1.54) is 0 Å². The van der Waals surface area contributed by atoms with Crippen LogP contribution in [0.15, 0.2) is 11.1 Å². The van der Waals surface area contributed by atoms with Gasteiger partial charge in [0.1, 0.15) is 5.84 Å². The molecule has 76 valence electrons. The number of nitrogens with two attached hydrogens (primary N) is 1. The molecule has 14 heavy (non-hydrogen) atoms. The van der Waals surface area contributed by atoms with Gasteiger partial charge in [-0.05, 0) is 26.8 Å². The first-order valence-electron chi connectivity index (χ1n) is 4.51. The molecule has 0 atom stereocenters. The van der Waals surface area contributed by atoms with Crippen molar-refractivity contribution in [1.29, 1.82) is 0 Å². The van der Waals surface area contributed by atoms with Gasteiger partial charge in [0.2, 0.25) is 0 Å². The molecule has 0 saturated heterocycles. The molecule has 0 aliphatic heterocycles. The highest BCUT2D eigenvalue weighted by molar-refractivity contribution is 5.99. The van der Waals surface area contributed by atoms with Crippen LogP contribution in [0.5, 0.6) is 0 Å². The SMILES string of the molecule is CCN=C(NN)c1cc(C)nnc1C. The van der Waals surface area contributed by atoms with Crippen LogP contribution in [-0.2, 0) is 0 Å². The van der Waals surface area contributed by atoms with Crippen LogP contribution in [0, 0.1) is 13.8 Å². The van der Waals surface area contributed by atoms with Crippen LogP contribution in [0.2, 0.25) is 0 Å². The van der Waals surface area contributed by atoms with E-state index in [2.05, 4.69) is 20.6 Å².